The zero-order chi connectivity index (χ0) is 12.0. The van der Waals surface area contributed by atoms with Crippen molar-refractivity contribution in [3.8, 4) is 0 Å². The SMILES string of the molecule is CNCC(COC)N1CCSC(C)(C)CC1. The molecule has 0 aromatic carbocycles. The minimum absolute atomic E-state index is 0.437. The summed E-state index contributed by atoms with van der Waals surface area (Å²) < 4.78 is 5.75. The molecule has 1 atom stereocenters. The standard InChI is InChI=1S/C12H26N2OS/c1-12(2)5-6-14(7-8-16-12)11(9-13-3)10-15-4/h11,13H,5-10H2,1-4H3. The van der Waals surface area contributed by atoms with E-state index < -0.39 is 0 Å². The Bertz CT molecular complexity index is 193. The van der Waals surface area contributed by atoms with Crippen LogP contribution in [0, 0.1) is 0 Å². The fourth-order valence-electron chi connectivity index (χ4n) is 2.12. The van der Waals surface area contributed by atoms with Gasteiger partial charge in [-0.15, -0.1) is 0 Å². The molecule has 96 valence electrons. The summed E-state index contributed by atoms with van der Waals surface area (Å²) in [6.07, 6.45) is 1.27. The molecule has 1 heterocycles. The molecule has 0 aliphatic carbocycles. The Balaban J connectivity index is 2.50. The van der Waals surface area contributed by atoms with Gasteiger partial charge in [0.2, 0.25) is 0 Å². The summed E-state index contributed by atoms with van der Waals surface area (Å²) >= 11 is 2.10. The van der Waals surface area contributed by atoms with E-state index in [0.29, 0.717) is 10.8 Å². The smallest absolute Gasteiger partial charge is 0.0630 e. The maximum absolute atomic E-state index is 5.31. The minimum atomic E-state index is 0.437. The number of ether oxygens (including phenoxy) is 1. The van der Waals surface area contributed by atoms with E-state index >= 15 is 0 Å². The van der Waals surface area contributed by atoms with Crippen molar-refractivity contribution < 1.29 is 4.74 Å². The van der Waals surface area contributed by atoms with Crippen LogP contribution in [0.5, 0.6) is 0 Å². The van der Waals surface area contributed by atoms with Crippen LogP contribution in [0.1, 0.15) is 20.3 Å². The summed E-state index contributed by atoms with van der Waals surface area (Å²) in [5, 5.41) is 3.26. The van der Waals surface area contributed by atoms with Crippen LogP contribution in [0.4, 0.5) is 0 Å². The fraction of sp³-hybridized carbons (Fsp3) is 1.00. The zero-order valence-corrected chi connectivity index (χ0v) is 11.9. The molecule has 1 N–H and O–H groups in total. The second-order valence-corrected chi connectivity index (χ2v) is 6.86. The number of hydrogen-bond acceptors (Lipinski definition) is 4. The lowest BCUT2D eigenvalue weighted by atomic mass is 10.1. The third-order valence-corrected chi connectivity index (χ3v) is 4.56. The molecule has 0 bridgehead atoms. The maximum Gasteiger partial charge on any atom is 0.0630 e. The van der Waals surface area contributed by atoms with E-state index in [-0.39, 0.29) is 0 Å². The monoisotopic (exact) mass is 246 g/mol. The topological polar surface area (TPSA) is 24.5 Å². The molecule has 16 heavy (non-hydrogen) atoms. The largest absolute Gasteiger partial charge is 0.383 e. The van der Waals surface area contributed by atoms with Crippen LogP contribution >= 0.6 is 11.8 Å². The number of rotatable bonds is 5. The molecule has 0 spiro atoms. The lowest BCUT2D eigenvalue weighted by Gasteiger charge is -2.30. The summed E-state index contributed by atoms with van der Waals surface area (Å²) in [7, 11) is 3.80. The Labute approximate surface area is 104 Å². The van der Waals surface area contributed by atoms with Gasteiger partial charge in [0, 0.05) is 36.7 Å². The highest BCUT2D eigenvalue weighted by molar-refractivity contribution is 8.00. The predicted octanol–water partition coefficient (Wildman–Crippen LogP) is 1.44. The van der Waals surface area contributed by atoms with Crippen molar-refractivity contribution in [2.75, 3.05) is 46.2 Å². The Morgan fingerprint density at radius 1 is 1.44 bits per heavy atom. The molecule has 1 saturated heterocycles. The van der Waals surface area contributed by atoms with Crippen LogP contribution in [0.15, 0.2) is 0 Å². The van der Waals surface area contributed by atoms with Gasteiger partial charge >= 0.3 is 0 Å². The van der Waals surface area contributed by atoms with Gasteiger partial charge in [-0.1, -0.05) is 13.8 Å². The molecule has 1 fully saturated rings. The lowest BCUT2D eigenvalue weighted by molar-refractivity contribution is 0.0933. The highest BCUT2D eigenvalue weighted by Gasteiger charge is 2.26. The van der Waals surface area contributed by atoms with Gasteiger partial charge in [0.1, 0.15) is 0 Å². The molecule has 0 saturated carbocycles. The summed E-state index contributed by atoms with van der Waals surface area (Å²) in [6.45, 7) is 8.92. The van der Waals surface area contributed by atoms with E-state index in [9.17, 15) is 0 Å². The highest BCUT2D eigenvalue weighted by Crippen LogP contribution is 2.31. The minimum Gasteiger partial charge on any atom is -0.383 e. The molecule has 4 heteroatoms. The average Bonchev–Trinajstić information content (AvgIpc) is 2.39. The molecule has 0 amide bonds. The van der Waals surface area contributed by atoms with E-state index in [0.717, 1.165) is 13.2 Å². The van der Waals surface area contributed by atoms with Gasteiger partial charge in [0.25, 0.3) is 0 Å². The summed E-state index contributed by atoms with van der Waals surface area (Å²) in [6, 6.07) is 0.518. The van der Waals surface area contributed by atoms with Crippen molar-refractivity contribution in [2.45, 2.75) is 31.1 Å². The first-order valence-corrected chi connectivity index (χ1v) is 7.09. The molecule has 0 radical (unpaired) electrons. The average molecular weight is 246 g/mol. The van der Waals surface area contributed by atoms with E-state index in [4.69, 9.17) is 4.74 Å². The van der Waals surface area contributed by atoms with Gasteiger partial charge in [0.15, 0.2) is 0 Å². The Kier molecular flexibility index (Phi) is 6.11. The summed E-state index contributed by atoms with van der Waals surface area (Å²) in [5.74, 6) is 1.23. The zero-order valence-electron chi connectivity index (χ0n) is 11.1. The molecular weight excluding hydrogens is 220 g/mol. The van der Waals surface area contributed by atoms with Gasteiger partial charge in [-0.05, 0) is 20.0 Å². The van der Waals surface area contributed by atoms with Crippen LogP contribution < -0.4 is 5.32 Å². The van der Waals surface area contributed by atoms with Crippen molar-refractivity contribution in [1.29, 1.82) is 0 Å². The van der Waals surface area contributed by atoms with Gasteiger partial charge in [-0.3, -0.25) is 4.90 Å². The van der Waals surface area contributed by atoms with E-state index in [1.165, 1.54) is 25.3 Å². The normalized spacial score (nSPS) is 24.0. The molecular formula is C12H26N2OS. The van der Waals surface area contributed by atoms with E-state index in [2.05, 4.69) is 35.8 Å². The predicted molar refractivity (Wildman–Crippen MR) is 72.3 cm³/mol. The van der Waals surface area contributed by atoms with E-state index in [1.807, 2.05) is 7.05 Å². The molecule has 0 aromatic rings. The molecule has 1 aliphatic heterocycles. The third-order valence-electron chi connectivity index (χ3n) is 3.19. The molecule has 1 rings (SSSR count). The number of likely N-dealkylation sites (N-methyl/N-ethyl adjacent to an activating group) is 1. The van der Waals surface area contributed by atoms with Crippen LogP contribution in [0.25, 0.3) is 0 Å². The second kappa shape index (κ2) is 6.84. The van der Waals surface area contributed by atoms with Gasteiger partial charge in [-0.25, -0.2) is 0 Å². The quantitative estimate of drug-likeness (QED) is 0.793. The van der Waals surface area contributed by atoms with Gasteiger partial charge in [-0.2, -0.15) is 11.8 Å². The Morgan fingerprint density at radius 2 is 2.19 bits per heavy atom. The van der Waals surface area contributed by atoms with Crippen molar-refractivity contribution in [3.63, 3.8) is 0 Å². The molecule has 1 unspecified atom stereocenters. The number of nitrogens with one attached hydrogen (secondary N) is 1. The third kappa shape index (κ3) is 4.62. The number of thioether (sulfide) groups is 1. The number of nitrogens with zero attached hydrogens (tertiary/aromatic N) is 1. The van der Waals surface area contributed by atoms with Crippen LogP contribution in [-0.4, -0.2) is 61.8 Å². The fourth-order valence-corrected chi connectivity index (χ4v) is 3.24. The van der Waals surface area contributed by atoms with Crippen molar-refractivity contribution in [1.82, 2.24) is 10.2 Å². The van der Waals surface area contributed by atoms with Crippen molar-refractivity contribution in [3.05, 3.63) is 0 Å². The highest BCUT2D eigenvalue weighted by atomic mass is 32.2. The van der Waals surface area contributed by atoms with Crippen LogP contribution in [0.2, 0.25) is 0 Å². The molecule has 1 aliphatic rings. The summed E-state index contributed by atoms with van der Waals surface area (Å²) in [4.78, 5) is 2.57. The molecule has 3 nitrogen and oxygen atoms in total. The number of hydrogen-bond donors (Lipinski definition) is 1. The number of methoxy groups -OCH3 is 1. The van der Waals surface area contributed by atoms with Gasteiger partial charge < -0.3 is 10.1 Å². The first-order valence-electron chi connectivity index (χ1n) is 6.10. The lowest BCUT2D eigenvalue weighted by Crippen LogP contribution is -2.45. The van der Waals surface area contributed by atoms with Crippen LogP contribution in [-0.2, 0) is 4.74 Å². The first-order chi connectivity index (χ1) is 7.59. The van der Waals surface area contributed by atoms with Crippen molar-refractivity contribution in [2.24, 2.45) is 0 Å². The molecule has 0 aromatic heterocycles. The summed E-state index contributed by atoms with van der Waals surface area (Å²) in [5.41, 5.74) is 0. The second-order valence-electron chi connectivity index (χ2n) is 5.06. The van der Waals surface area contributed by atoms with Crippen LogP contribution in [0.3, 0.4) is 0 Å². The van der Waals surface area contributed by atoms with E-state index in [1.54, 1.807) is 7.11 Å². The first kappa shape index (κ1) is 14.3. The van der Waals surface area contributed by atoms with Gasteiger partial charge in [0.05, 0.1) is 6.61 Å². The Morgan fingerprint density at radius 3 is 2.81 bits per heavy atom. The Hall–Kier alpha value is 0.230. The maximum atomic E-state index is 5.31. The van der Waals surface area contributed by atoms with Crippen molar-refractivity contribution >= 4 is 11.8 Å².